The average Bonchev–Trinajstić information content (AvgIpc) is 2.67. The van der Waals surface area contributed by atoms with Crippen LogP contribution >= 0.6 is 0 Å². The lowest BCUT2D eigenvalue weighted by atomic mass is 9.87. The lowest BCUT2D eigenvalue weighted by Gasteiger charge is -2.27. The van der Waals surface area contributed by atoms with E-state index >= 15 is 0 Å². The summed E-state index contributed by atoms with van der Waals surface area (Å²) in [7, 11) is -3.37. The number of hydrogen-bond acceptors (Lipinski definition) is 6. The summed E-state index contributed by atoms with van der Waals surface area (Å²) in [4.78, 5) is 8.72. The van der Waals surface area contributed by atoms with Gasteiger partial charge in [-0.2, -0.15) is 8.78 Å². The van der Waals surface area contributed by atoms with Crippen molar-refractivity contribution in [2.75, 3.05) is 11.6 Å². The largest absolute Gasteiger partial charge is 0.435 e. The molecule has 152 valence electrons. The highest BCUT2D eigenvalue weighted by Crippen LogP contribution is 2.36. The van der Waals surface area contributed by atoms with Crippen LogP contribution in [-0.2, 0) is 16.3 Å². The molecule has 0 spiro atoms. The second-order valence-corrected chi connectivity index (χ2v) is 9.02. The smallest absolute Gasteiger partial charge is 0.387 e. The van der Waals surface area contributed by atoms with E-state index in [1.165, 1.54) is 18.5 Å². The number of aryl methyl sites for hydroxylation is 1. The molecule has 6 nitrogen and oxygen atoms in total. The maximum atomic E-state index is 12.5. The van der Waals surface area contributed by atoms with Gasteiger partial charge >= 0.3 is 6.61 Å². The van der Waals surface area contributed by atoms with Crippen LogP contribution in [0.25, 0.3) is 10.9 Å². The Labute approximate surface area is 166 Å². The van der Waals surface area contributed by atoms with E-state index in [9.17, 15) is 17.2 Å². The Kier molecular flexibility index (Phi) is 5.08. The van der Waals surface area contributed by atoms with Crippen molar-refractivity contribution in [3.8, 4) is 5.75 Å². The van der Waals surface area contributed by atoms with Crippen LogP contribution < -0.4 is 10.1 Å². The van der Waals surface area contributed by atoms with Crippen LogP contribution in [-0.4, -0.2) is 31.3 Å². The van der Waals surface area contributed by atoms with E-state index in [-0.39, 0.29) is 16.7 Å². The van der Waals surface area contributed by atoms with E-state index in [1.807, 2.05) is 0 Å². The molecule has 0 amide bonds. The second kappa shape index (κ2) is 7.55. The number of halogens is 2. The maximum Gasteiger partial charge on any atom is 0.387 e. The zero-order chi connectivity index (χ0) is 20.6. The Morgan fingerprint density at radius 1 is 1.17 bits per heavy atom. The van der Waals surface area contributed by atoms with Crippen molar-refractivity contribution in [2.24, 2.45) is 0 Å². The van der Waals surface area contributed by atoms with Gasteiger partial charge in [-0.05, 0) is 60.7 Å². The van der Waals surface area contributed by atoms with Crippen LogP contribution in [0.2, 0.25) is 0 Å². The van der Waals surface area contributed by atoms with Crippen LogP contribution in [0.5, 0.6) is 5.75 Å². The quantitative estimate of drug-likeness (QED) is 0.670. The molecule has 0 fully saturated rings. The van der Waals surface area contributed by atoms with Gasteiger partial charge in [-0.1, -0.05) is 6.07 Å². The maximum absolute atomic E-state index is 12.5. The Morgan fingerprint density at radius 3 is 2.76 bits per heavy atom. The zero-order valence-corrected chi connectivity index (χ0v) is 16.4. The fourth-order valence-electron chi connectivity index (χ4n) is 3.66. The Morgan fingerprint density at radius 2 is 2.00 bits per heavy atom. The predicted molar refractivity (Wildman–Crippen MR) is 105 cm³/mol. The molecule has 4 rings (SSSR count). The molecule has 1 atom stereocenters. The first-order valence-corrected chi connectivity index (χ1v) is 11.0. The van der Waals surface area contributed by atoms with Crippen LogP contribution in [0.1, 0.15) is 30.0 Å². The lowest BCUT2D eigenvalue weighted by Crippen LogP contribution is -2.18. The molecule has 1 heterocycles. The normalized spacial score (nSPS) is 16.6. The lowest BCUT2D eigenvalue weighted by molar-refractivity contribution is -0.0499. The van der Waals surface area contributed by atoms with E-state index in [0.29, 0.717) is 16.7 Å². The molecule has 1 aliphatic rings. The summed E-state index contributed by atoms with van der Waals surface area (Å²) >= 11 is 0. The van der Waals surface area contributed by atoms with Crippen molar-refractivity contribution >= 4 is 26.6 Å². The first-order chi connectivity index (χ1) is 13.8. The first kappa shape index (κ1) is 19.5. The van der Waals surface area contributed by atoms with Crippen LogP contribution in [0.15, 0.2) is 47.6 Å². The van der Waals surface area contributed by atoms with Gasteiger partial charge in [-0.15, -0.1) is 0 Å². The number of benzene rings is 2. The molecule has 0 bridgehead atoms. The highest BCUT2D eigenvalue weighted by atomic mass is 32.2. The van der Waals surface area contributed by atoms with Crippen LogP contribution in [0.3, 0.4) is 0 Å². The summed E-state index contributed by atoms with van der Waals surface area (Å²) in [6.45, 7) is -2.86. The average molecular weight is 419 g/mol. The SMILES string of the molecule is CS(=O)(=O)c1ccc2ncnc(NC3CCCc4cc(OC(F)F)ccc43)c2c1. The van der Waals surface area contributed by atoms with Crippen molar-refractivity contribution in [1.29, 1.82) is 0 Å². The number of hydrogen-bond donors (Lipinski definition) is 1. The molecule has 0 radical (unpaired) electrons. The summed E-state index contributed by atoms with van der Waals surface area (Å²) in [5.74, 6) is 0.677. The fourth-order valence-corrected chi connectivity index (χ4v) is 4.31. The number of ether oxygens (including phenoxy) is 1. The topological polar surface area (TPSA) is 81.2 Å². The summed E-state index contributed by atoms with van der Waals surface area (Å²) in [5, 5.41) is 4.00. The van der Waals surface area contributed by atoms with E-state index in [1.54, 1.807) is 24.3 Å². The van der Waals surface area contributed by atoms with Gasteiger partial charge < -0.3 is 10.1 Å². The Hall–Kier alpha value is -2.81. The summed E-state index contributed by atoms with van der Waals surface area (Å²) in [6.07, 6.45) is 5.06. The van der Waals surface area contributed by atoms with Gasteiger partial charge in [0, 0.05) is 11.6 Å². The molecular weight excluding hydrogens is 400 g/mol. The number of aromatic nitrogens is 2. The van der Waals surface area contributed by atoms with E-state index < -0.39 is 16.4 Å². The molecule has 0 saturated heterocycles. The number of anilines is 1. The van der Waals surface area contributed by atoms with Crippen molar-refractivity contribution in [3.63, 3.8) is 0 Å². The number of nitrogens with one attached hydrogen (secondary N) is 1. The van der Waals surface area contributed by atoms with Gasteiger partial charge in [-0.3, -0.25) is 0 Å². The van der Waals surface area contributed by atoms with Gasteiger partial charge in [0.15, 0.2) is 9.84 Å². The molecule has 1 aromatic heterocycles. The highest BCUT2D eigenvalue weighted by Gasteiger charge is 2.22. The van der Waals surface area contributed by atoms with Crippen LogP contribution in [0.4, 0.5) is 14.6 Å². The predicted octanol–water partition coefficient (Wildman–Crippen LogP) is 4.12. The molecule has 9 heteroatoms. The zero-order valence-electron chi connectivity index (χ0n) is 15.6. The Bertz CT molecular complexity index is 1170. The third-order valence-electron chi connectivity index (χ3n) is 5.00. The van der Waals surface area contributed by atoms with E-state index in [2.05, 4.69) is 20.0 Å². The van der Waals surface area contributed by atoms with Crippen molar-refractivity contribution in [2.45, 2.75) is 36.8 Å². The minimum Gasteiger partial charge on any atom is -0.435 e. The van der Waals surface area contributed by atoms with Crippen molar-refractivity contribution in [3.05, 3.63) is 53.9 Å². The molecule has 1 N–H and O–H groups in total. The number of fused-ring (bicyclic) bond motifs is 2. The molecular formula is C20H19F2N3O3S. The summed E-state index contributed by atoms with van der Waals surface area (Å²) in [5.41, 5.74) is 2.57. The summed E-state index contributed by atoms with van der Waals surface area (Å²) < 4.78 is 53.3. The minimum absolute atomic E-state index is 0.0839. The van der Waals surface area contributed by atoms with E-state index in [4.69, 9.17) is 0 Å². The molecule has 0 aliphatic heterocycles. The summed E-state index contributed by atoms with van der Waals surface area (Å²) in [6, 6.07) is 9.63. The standard InChI is InChI=1S/C20H19F2N3O3S/c1-29(26,27)14-6-8-17-16(10-14)19(24-11-23-17)25-18-4-2-3-12-9-13(28-20(21)22)5-7-15(12)18/h5-11,18,20H,2-4H2,1H3,(H,23,24,25). The fraction of sp³-hybridized carbons (Fsp3) is 0.300. The van der Waals surface area contributed by atoms with E-state index in [0.717, 1.165) is 36.6 Å². The molecule has 1 unspecified atom stereocenters. The molecule has 0 saturated carbocycles. The van der Waals surface area contributed by atoms with Gasteiger partial charge in [0.1, 0.15) is 17.9 Å². The highest BCUT2D eigenvalue weighted by molar-refractivity contribution is 7.90. The second-order valence-electron chi connectivity index (χ2n) is 7.00. The first-order valence-electron chi connectivity index (χ1n) is 9.10. The minimum atomic E-state index is -3.37. The third kappa shape index (κ3) is 4.14. The Balaban J connectivity index is 1.69. The number of nitrogens with zero attached hydrogens (tertiary/aromatic N) is 2. The van der Waals surface area contributed by atoms with Crippen LogP contribution in [0, 0.1) is 0 Å². The van der Waals surface area contributed by atoms with Gasteiger partial charge in [0.2, 0.25) is 0 Å². The monoisotopic (exact) mass is 419 g/mol. The van der Waals surface area contributed by atoms with Crippen molar-refractivity contribution < 1.29 is 21.9 Å². The molecule has 1 aliphatic carbocycles. The van der Waals surface area contributed by atoms with Gasteiger partial charge in [0.05, 0.1) is 16.5 Å². The molecule has 29 heavy (non-hydrogen) atoms. The van der Waals surface area contributed by atoms with Gasteiger partial charge in [0.25, 0.3) is 0 Å². The number of sulfone groups is 1. The molecule has 2 aromatic carbocycles. The van der Waals surface area contributed by atoms with Gasteiger partial charge in [-0.25, -0.2) is 18.4 Å². The third-order valence-corrected chi connectivity index (χ3v) is 6.11. The van der Waals surface area contributed by atoms with Crippen molar-refractivity contribution in [1.82, 2.24) is 9.97 Å². The number of alkyl halides is 2. The molecule has 3 aromatic rings. The number of rotatable bonds is 5.